The van der Waals surface area contributed by atoms with E-state index in [0.29, 0.717) is 18.4 Å². The molecule has 0 bridgehead atoms. The maximum Gasteiger partial charge on any atom is 0.222 e. The number of hydrogen-bond acceptors (Lipinski definition) is 9. The van der Waals surface area contributed by atoms with Crippen LogP contribution in [-0.2, 0) is 13.1 Å². The first-order valence-electron chi connectivity index (χ1n) is 13.0. The first-order chi connectivity index (χ1) is 17.6. The molecular weight excluding hydrogens is 456 g/mol. The third-order valence-electron chi connectivity index (χ3n) is 7.46. The largest absolute Gasteiger partial charge is 0.496 e. The van der Waals surface area contributed by atoms with E-state index in [1.807, 2.05) is 4.68 Å². The van der Waals surface area contributed by atoms with E-state index in [2.05, 4.69) is 55.3 Å². The minimum atomic E-state index is 0.245. The zero-order valence-electron chi connectivity index (χ0n) is 21.4. The van der Waals surface area contributed by atoms with Gasteiger partial charge in [0.2, 0.25) is 5.95 Å². The van der Waals surface area contributed by atoms with Crippen molar-refractivity contribution in [3.8, 4) is 5.75 Å². The Morgan fingerprint density at radius 3 is 2.61 bits per heavy atom. The van der Waals surface area contributed by atoms with Crippen LogP contribution in [-0.4, -0.2) is 87.6 Å². The molecule has 0 saturated carbocycles. The van der Waals surface area contributed by atoms with E-state index in [4.69, 9.17) is 10.5 Å². The molecule has 0 amide bonds. The quantitative estimate of drug-likeness (QED) is 0.344. The number of rotatable bonds is 11. The maximum atomic E-state index is 9.23. The predicted octanol–water partition coefficient (Wildman–Crippen LogP) is 2.03. The number of aliphatic hydroxyl groups excluding tert-OH is 1. The van der Waals surface area contributed by atoms with E-state index in [1.54, 1.807) is 13.3 Å². The molecule has 10 nitrogen and oxygen atoms in total. The molecule has 0 spiro atoms. The van der Waals surface area contributed by atoms with E-state index in [1.165, 1.54) is 5.56 Å². The van der Waals surface area contributed by atoms with Gasteiger partial charge in [-0.1, -0.05) is 25.5 Å². The first-order valence-corrected chi connectivity index (χ1v) is 13.0. The highest BCUT2D eigenvalue weighted by Crippen LogP contribution is 2.32. The molecule has 4 N–H and O–H groups in total. The first kappa shape index (κ1) is 24.7. The molecule has 10 heteroatoms. The summed E-state index contributed by atoms with van der Waals surface area (Å²) in [5.41, 5.74) is 9.83. The van der Waals surface area contributed by atoms with E-state index in [-0.39, 0.29) is 12.6 Å². The Kier molecular flexibility index (Phi) is 7.54. The van der Waals surface area contributed by atoms with Crippen LogP contribution in [0.2, 0.25) is 0 Å². The summed E-state index contributed by atoms with van der Waals surface area (Å²) in [6.07, 6.45) is 3.89. The number of nitrogen functional groups attached to an aromatic ring is 1. The Bertz CT molecular complexity index is 1170. The fourth-order valence-electron chi connectivity index (χ4n) is 5.72. The number of nitrogens with two attached hydrogens (primary N) is 1. The van der Waals surface area contributed by atoms with Gasteiger partial charge < -0.3 is 25.8 Å². The van der Waals surface area contributed by atoms with Gasteiger partial charge in [0.05, 0.1) is 26.5 Å². The van der Waals surface area contributed by atoms with Crippen molar-refractivity contribution in [2.24, 2.45) is 11.8 Å². The average Bonchev–Trinajstić information content (AvgIpc) is 3.53. The Hall–Kier alpha value is -2.95. The molecule has 1 aromatic carbocycles. The molecule has 2 atom stereocenters. The Labute approximate surface area is 212 Å². The highest BCUT2D eigenvalue weighted by molar-refractivity contribution is 5.86. The molecule has 2 aliphatic heterocycles. The number of methoxy groups -OCH3 is 1. The number of nitrogens with one attached hydrogen (secondary N) is 1. The van der Waals surface area contributed by atoms with Crippen LogP contribution >= 0.6 is 0 Å². The SMILES string of the molecule is CCCCNc1nc(N)nc2cnn(Cc3ccc(CN4C[C@H]5CN(CCO)C[C@H]5C4)cc3OC)c12. The molecule has 0 aliphatic carbocycles. The van der Waals surface area contributed by atoms with Crippen molar-refractivity contribution in [1.29, 1.82) is 0 Å². The summed E-state index contributed by atoms with van der Waals surface area (Å²) in [5, 5.41) is 17.2. The third-order valence-corrected chi connectivity index (χ3v) is 7.46. The van der Waals surface area contributed by atoms with Gasteiger partial charge >= 0.3 is 0 Å². The molecule has 0 unspecified atom stereocenters. The summed E-state index contributed by atoms with van der Waals surface area (Å²) in [5.74, 6) is 3.25. The van der Waals surface area contributed by atoms with Crippen LogP contribution < -0.4 is 15.8 Å². The molecule has 2 saturated heterocycles. The lowest BCUT2D eigenvalue weighted by Crippen LogP contribution is -2.30. The maximum absolute atomic E-state index is 9.23. The normalized spacial score (nSPS) is 20.3. The fourth-order valence-corrected chi connectivity index (χ4v) is 5.72. The van der Waals surface area contributed by atoms with Crippen LogP contribution in [0.4, 0.5) is 11.8 Å². The van der Waals surface area contributed by atoms with Gasteiger partial charge in [-0.3, -0.25) is 9.58 Å². The molecule has 4 heterocycles. The number of aliphatic hydroxyl groups is 1. The predicted molar refractivity (Wildman–Crippen MR) is 141 cm³/mol. The average molecular weight is 495 g/mol. The van der Waals surface area contributed by atoms with Crippen LogP contribution in [0, 0.1) is 11.8 Å². The molecule has 0 radical (unpaired) electrons. The van der Waals surface area contributed by atoms with Gasteiger partial charge in [0.1, 0.15) is 16.8 Å². The Morgan fingerprint density at radius 1 is 1.11 bits per heavy atom. The second kappa shape index (κ2) is 11.0. The minimum Gasteiger partial charge on any atom is -0.496 e. The number of benzene rings is 1. The number of unbranched alkanes of at least 4 members (excludes halogenated alkanes) is 1. The van der Waals surface area contributed by atoms with Gasteiger partial charge in [0, 0.05) is 51.4 Å². The Balaban J connectivity index is 1.29. The molecule has 2 fully saturated rings. The standard InChI is InChI=1S/C26H38N8O2/c1-3-4-7-28-25-24-22(30-26(27)31-25)11-29-34(24)17-19-6-5-18(10-23(19)36-2)12-33-15-20-13-32(8-9-35)14-21(20)16-33/h5-6,10-11,20-21,35H,3-4,7-9,12-17H2,1-2H3,(H3,27,28,30,31)/t20-,21+. The number of β-amino-alcohol motifs (C(OH)–C–C–N with tert-alkyl or cyclic N) is 1. The van der Waals surface area contributed by atoms with Crippen LogP contribution in [0.1, 0.15) is 30.9 Å². The lowest BCUT2D eigenvalue weighted by atomic mass is 10.0. The van der Waals surface area contributed by atoms with Crippen molar-refractivity contribution in [2.45, 2.75) is 32.9 Å². The third kappa shape index (κ3) is 5.25. The summed E-state index contributed by atoms with van der Waals surface area (Å²) in [6, 6.07) is 6.50. The highest BCUT2D eigenvalue weighted by atomic mass is 16.5. The van der Waals surface area contributed by atoms with Crippen molar-refractivity contribution in [3.05, 3.63) is 35.5 Å². The molecular formula is C26H38N8O2. The van der Waals surface area contributed by atoms with Crippen molar-refractivity contribution in [2.75, 3.05) is 64.0 Å². The lowest BCUT2D eigenvalue weighted by molar-refractivity contribution is 0.199. The van der Waals surface area contributed by atoms with E-state index < -0.39 is 0 Å². The minimum absolute atomic E-state index is 0.245. The molecule has 36 heavy (non-hydrogen) atoms. The van der Waals surface area contributed by atoms with Crippen LogP contribution in [0.25, 0.3) is 11.0 Å². The number of anilines is 2. The van der Waals surface area contributed by atoms with Crippen LogP contribution in [0.15, 0.2) is 24.4 Å². The second-order valence-electron chi connectivity index (χ2n) is 10.1. The summed E-state index contributed by atoms with van der Waals surface area (Å²) in [7, 11) is 1.72. The summed E-state index contributed by atoms with van der Waals surface area (Å²) < 4.78 is 7.72. The molecule has 2 aliphatic rings. The van der Waals surface area contributed by atoms with Crippen LogP contribution in [0.3, 0.4) is 0 Å². The van der Waals surface area contributed by atoms with Crippen molar-refractivity contribution in [1.82, 2.24) is 29.5 Å². The monoisotopic (exact) mass is 494 g/mol. The van der Waals surface area contributed by atoms with Crippen molar-refractivity contribution >= 4 is 22.8 Å². The van der Waals surface area contributed by atoms with Gasteiger partial charge in [-0.15, -0.1) is 0 Å². The van der Waals surface area contributed by atoms with Gasteiger partial charge in [-0.2, -0.15) is 10.1 Å². The van der Waals surface area contributed by atoms with E-state index in [0.717, 1.165) is 86.8 Å². The second-order valence-corrected chi connectivity index (χ2v) is 10.1. The highest BCUT2D eigenvalue weighted by Gasteiger charge is 2.39. The number of fused-ring (bicyclic) bond motifs is 2. The Morgan fingerprint density at radius 2 is 1.89 bits per heavy atom. The number of nitrogens with zero attached hydrogens (tertiary/aromatic N) is 6. The summed E-state index contributed by atoms with van der Waals surface area (Å²) in [6.45, 7) is 9.95. The molecule has 2 aromatic heterocycles. The van der Waals surface area contributed by atoms with Gasteiger partial charge in [0.25, 0.3) is 0 Å². The number of ether oxygens (including phenoxy) is 1. The van der Waals surface area contributed by atoms with E-state index in [9.17, 15) is 5.11 Å². The van der Waals surface area contributed by atoms with Gasteiger partial charge in [-0.25, -0.2) is 4.98 Å². The fraction of sp³-hybridized carbons (Fsp3) is 0.577. The molecule has 194 valence electrons. The van der Waals surface area contributed by atoms with Gasteiger partial charge in [0.15, 0.2) is 5.82 Å². The summed E-state index contributed by atoms with van der Waals surface area (Å²) in [4.78, 5) is 13.8. The number of likely N-dealkylation sites (tertiary alicyclic amines) is 2. The van der Waals surface area contributed by atoms with E-state index >= 15 is 0 Å². The van der Waals surface area contributed by atoms with Crippen molar-refractivity contribution < 1.29 is 9.84 Å². The topological polar surface area (TPSA) is 118 Å². The zero-order valence-corrected chi connectivity index (χ0v) is 21.4. The van der Waals surface area contributed by atoms with Gasteiger partial charge in [-0.05, 0) is 29.9 Å². The summed E-state index contributed by atoms with van der Waals surface area (Å²) >= 11 is 0. The van der Waals surface area contributed by atoms with Crippen molar-refractivity contribution in [3.63, 3.8) is 0 Å². The molecule has 5 rings (SSSR count). The smallest absolute Gasteiger partial charge is 0.222 e. The number of aromatic nitrogens is 4. The number of hydrogen-bond donors (Lipinski definition) is 3. The van der Waals surface area contributed by atoms with Crippen LogP contribution in [0.5, 0.6) is 5.75 Å². The zero-order chi connectivity index (χ0) is 25.1. The molecule has 3 aromatic rings. The lowest BCUT2D eigenvalue weighted by Gasteiger charge is -2.21.